The van der Waals surface area contributed by atoms with Crippen LogP contribution in [0.2, 0.25) is 0 Å². The standard InChI is InChI=1S/C14H20BrNO2/c1-14(2,3)18-13(17)16-11-6-4-5-7-12(16)9-10(15)8-11/h4-5,8,11-12H,6-7,9H2,1-3H3/t11-,12+/m1/s1. The highest BCUT2D eigenvalue weighted by Gasteiger charge is 2.36. The van der Waals surface area contributed by atoms with E-state index in [1.165, 1.54) is 4.48 Å². The quantitative estimate of drug-likeness (QED) is 0.633. The van der Waals surface area contributed by atoms with Crippen molar-refractivity contribution in [2.45, 2.75) is 57.7 Å². The van der Waals surface area contributed by atoms with Gasteiger partial charge in [0.05, 0.1) is 6.04 Å². The molecule has 100 valence electrons. The Morgan fingerprint density at radius 3 is 2.72 bits per heavy atom. The van der Waals surface area contributed by atoms with Gasteiger partial charge in [0, 0.05) is 6.04 Å². The number of fused-ring (bicyclic) bond motifs is 2. The molecule has 2 heterocycles. The predicted octanol–water partition coefficient (Wildman–Crippen LogP) is 3.99. The molecule has 0 saturated heterocycles. The zero-order chi connectivity index (χ0) is 13.3. The molecule has 2 atom stereocenters. The van der Waals surface area contributed by atoms with Crippen LogP contribution in [0, 0.1) is 0 Å². The van der Waals surface area contributed by atoms with E-state index in [4.69, 9.17) is 4.74 Å². The summed E-state index contributed by atoms with van der Waals surface area (Å²) in [7, 11) is 0. The number of halogens is 1. The summed E-state index contributed by atoms with van der Waals surface area (Å²) in [5.41, 5.74) is -0.438. The molecule has 0 spiro atoms. The van der Waals surface area contributed by atoms with E-state index in [1.807, 2.05) is 25.7 Å². The van der Waals surface area contributed by atoms with Crippen molar-refractivity contribution in [1.82, 2.24) is 4.90 Å². The van der Waals surface area contributed by atoms with Crippen LogP contribution in [0.15, 0.2) is 22.7 Å². The minimum absolute atomic E-state index is 0.117. The largest absolute Gasteiger partial charge is 0.444 e. The highest BCUT2D eigenvalue weighted by molar-refractivity contribution is 9.11. The maximum absolute atomic E-state index is 12.3. The Bertz CT molecular complexity index is 395. The SMILES string of the molecule is CC(C)(C)OC(=O)N1[C@H]2CC=CC[C@@H]1C=C(Br)C2. The summed E-state index contributed by atoms with van der Waals surface area (Å²) in [6.45, 7) is 5.72. The second kappa shape index (κ2) is 5.08. The molecule has 18 heavy (non-hydrogen) atoms. The van der Waals surface area contributed by atoms with E-state index >= 15 is 0 Å². The van der Waals surface area contributed by atoms with Gasteiger partial charge in [-0.2, -0.15) is 0 Å². The van der Waals surface area contributed by atoms with Crippen molar-refractivity contribution in [2.75, 3.05) is 0 Å². The van der Waals surface area contributed by atoms with E-state index in [9.17, 15) is 4.79 Å². The van der Waals surface area contributed by atoms with Crippen LogP contribution < -0.4 is 0 Å². The number of carbonyl (C=O) groups is 1. The molecule has 0 aromatic heterocycles. The molecule has 2 aliphatic rings. The van der Waals surface area contributed by atoms with Gasteiger partial charge in [-0.25, -0.2) is 4.79 Å². The van der Waals surface area contributed by atoms with Gasteiger partial charge in [-0.15, -0.1) is 0 Å². The number of carbonyl (C=O) groups excluding carboxylic acids is 1. The second-order valence-electron chi connectivity index (χ2n) is 5.87. The van der Waals surface area contributed by atoms with Crippen LogP contribution in [-0.4, -0.2) is 28.7 Å². The first-order valence-electron chi connectivity index (χ1n) is 6.39. The number of ether oxygens (including phenoxy) is 1. The molecule has 0 N–H and O–H groups in total. The fourth-order valence-corrected chi connectivity index (χ4v) is 3.10. The Balaban J connectivity index is 2.19. The topological polar surface area (TPSA) is 29.5 Å². The van der Waals surface area contributed by atoms with E-state index in [0.717, 1.165) is 19.3 Å². The first kappa shape index (κ1) is 13.7. The number of amides is 1. The maximum atomic E-state index is 12.3. The molecule has 2 bridgehead atoms. The molecule has 3 nitrogen and oxygen atoms in total. The van der Waals surface area contributed by atoms with Crippen LogP contribution in [-0.2, 0) is 4.74 Å². The molecule has 0 unspecified atom stereocenters. The molecule has 2 aliphatic heterocycles. The van der Waals surface area contributed by atoms with Crippen molar-refractivity contribution >= 4 is 22.0 Å². The van der Waals surface area contributed by atoms with Crippen LogP contribution in [0.25, 0.3) is 0 Å². The van der Waals surface area contributed by atoms with Gasteiger partial charge in [-0.3, -0.25) is 4.90 Å². The van der Waals surface area contributed by atoms with Gasteiger partial charge in [-0.1, -0.05) is 34.2 Å². The molecular formula is C14H20BrNO2. The fraction of sp³-hybridized carbons (Fsp3) is 0.643. The smallest absolute Gasteiger partial charge is 0.411 e. The van der Waals surface area contributed by atoms with Crippen molar-refractivity contribution < 1.29 is 9.53 Å². The van der Waals surface area contributed by atoms with Gasteiger partial charge >= 0.3 is 6.09 Å². The summed E-state index contributed by atoms with van der Waals surface area (Å²) in [4.78, 5) is 14.2. The van der Waals surface area contributed by atoms with Gasteiger partial charge in [0.25, 0.3) is 0 Å². The first-order chi connectivity index (χ1) is 8.37. The Morgan fingerprint density at radius 1 is 1.39 bits per heavy atom. The van der Waals surface area contributed by atoms with Gasteiger partial charge in [0.1, 0.15) is 5.60 Å². The Labute approximate surface area is 117 Å². The Morgan fingerprint density at radius 2 is 2.06 bits per heavy atom. The van der Waals surface area contributed by atoms with E-state index in [-0.39, 0.29) is 18.2 Å². The van der Waals surface area contributed by atoms with Crippen LogP contribution in [0.1, 0.15) is 40.0 Å². The molecule has 0 radical (unpaired) electrons. The lowest BCUT2D eigenvalue weighted by Crippen LogP contribution is -2.49. The maximum Gasteiger partial charge on any atom is 0.411 e. The second-order valence-corrected chi connectivity index (χ2v) is 6.89. The Hall–Kier alpha value is -0.770. The third-order valence-corrected chi connectivity index (χ3v) is 3.70. The molecule has 0 aromatic carbocycles. The van der Waals surface area contributed by atoms with Crippen LogP contribution >= 0.6 is 15.9 Å². The van der Waals surface area contributed by atoms with Crippen LogP contribution in [0.3, 0.4) is 0 Å². The van der Waals surface area contributed by atoms with Crippen molar-refractivity contribution in [1.29, 1.82) is 0 Å². The summed E-state index contributed by atoms with van der Waals surface area (Å²) in [6.07, 6.45) is 8.89. The van der Waals surface area contributed by atoms with Crippen molar-refractivity contribution in [3.63, 3.8) is 0 Å². The highest BCUT2D eigenvalue weighted by atomic mass is 79.9. The minimum Gasteiger partial charge on any atom is -0.444 e. The normalized spacial score (nSPS) is 27.6. The fourth-order valence-electron chi connectivity index (χ4n) is 2.42. The van der Waals surface area contributed by atoms with Gasteiger partial charge in [-0.05, 0) is 44.5 Å². The molecule has 0 fully saturated rings. The zero-order valence-corrected chi connectivity index (χ0v) is 12.7. The van der Waals surface area contributed by atoms with E-state index in [1.54, 1.807) is 0 Å². The minimum atomic E-state index is -0.438. The van der Waals surface area contributed by atoms with Gasteiger partial charge in [0.15, 0.2) is 0 Å². The average molecular weight is 314 g/mol. The van der Waals surface area contributed by atoms with E-state index < -0.39 is 5.60 Å². The molecule has 0 saturated carbocycles. The highest BCUT2D eigenvalue weighted by Crippen LogP contribution is 2.33. The van der Waals surface area contributed by atoms with Gasteiger partial charge in [0.2, 0.25) is 0 Å². The van der Waals surface area contributed by atoms with Crippen molar-refractivity contribution in [3.8, 4) is 0 Å². The first-order valence-corrected chi connectivity index (χ1v) is 7.18. The summed E-state index contributed by atoms with van der Waals surface area (Å²) in [5, 5.41) is 0. The average Bonchev–Trinajstić information content (AvgIpc) is 2.33. The summed E-state index contributed by atoms with van der Waals surface area (Å²) >= 11 is 3.57. The third-order valence-electron chi connectivity index (χ3n) is 3.11. The number of hydrogen-bond acceptors (Lipinski definition) is 2. The summed E-state index contributed by atoms with van der Waals surface area (Å²) < 4.78 is 6.71. The van der Waals surface area contributed by atoms with Gasteiger partial charge < -0.3 is 4.74 Å². The lowest BCUT2D eigenvalue weighted by atomic mass is 10.0. The number of nitrogens with zero attached hydrogens (tertiary/aromatic N) is 1. The number of rotatable bonds is 0. The van der Waals surface area contributed by atoms with Crippen LogP contribution in [0.5, 0.6) is 0 Å². The predicted molar refractivity (Wildman–Crippen MR) is 75.7 cm³/mol. The molecule has 0 aromatic rings. The Kier molecular flexibility index (Phi) is 3.85. The number of hydrogen-bond donors (Lipinski definition) is 0. The lowest BCUT2D eigenvalue weighted by molar-refractivity contribution is 0.00926. The molecule has 2 rings (SSSR count). The van der Waals surface area contributed by atoms with E-state index in [0.29, 0.717) is 0 Å². The summed E-state index contributed by atoms with van der Waals surface area (Å²) in [6, 6.07) is 0.328. The zero-order valence-electron chi connectivity index (χ0n) is 11.1. The lowest BCUT2D eigenvalue weighted by Gasteiger charge is -2.39. The molecule has 4 heteroatoms. The van der Waals surface area contributed by atoms with E-state index in [2.05, 4.69) is 34.2 Å². The molecule has 0 aliphatic carbocycles. The summed E-state index contributed by atoms with van der Waals surface area (Å²) in [5.74, 6) is 0. The third kappa shape index (κ3) is 3.16. The van der Waals surface area contributed by atoms with Crippen molar-refractivity contribution in [2.24, 2.45) is 0 Å². The molecular weight excluding hydrogens is 294 g/mol. The van der Waals surface area contributed by atoms with Crippen LogP contribution in [0.4, 0.5) is 4.79 Å². The van der Waals surface area contributed by atoms with Crippen molar-refractivity contribution in [3.05, 3.63) is 22.7 Å². The monoisotopic (exact) mass is 313 g/mol. The molecule has 1 amide bonds.